The Morgan fingerprint density at radius 1 is 1.10 bits per heavy atom. The van der Waals surface area contributed by atoms with Gasteiger partial charge >= 0.3 is 0 Å². The van der Waals surface area contributed by atoms with Gasteiger partial charge in [0.25, 0.3) is 0 Å². The monoisotopic (exact) mass is 278 g/mol. The highest BCUT2D eigenvalue weighted by atomic mass is 15.3. The fourth-order valence-corrected chi connectivity index (χ4v) is 2.29. The number of nitrogens with one attached hydrogen (secondary N) is 1. The molecule has 0 atom stereocenters. The molecular weight excluding hydrogens is 260 g/mol. The van der Waals surface area contributed by atoms with Gasteiger partial charge in [0.1, 0.15) is 0 Å². The Morgan fingerprint density at radius 3 is 2.81 bits per heavy atom. The van der Waals surface area contributed by atoms with Crippen LogP contribution in [-0.2, 0) is 6.54 Å². The van der Waals surface area contributed by atoms with Gasteiger partial charge in [-0.25, -0.2) is 9.67 Å². The molecule has 0 fully saturated rings. The number of benzene rings is 1. The molecule has 3 rings (SSSR count). The molecule has 2 aromatic heterocycles. The number of hydrogen-bond acceptors (Lipinski definition) is 3. The van der Waals surface area contributed by atoms with E-state index in [2.05, 4.69) is 47.4 Å². The zero-order valence-electron chi connectivity index (χ0n) is 12.2. The summed E-state index contributed by atoms with van der Waals surface area (Å²) in [6.45, 7) is 5.02. The fraction of sp³-hybridized carbons (Fsp3) is 0.176. The Hall–Kier alpha value is -2.62. The maximum atomic E-state index is 4.41. The summed E-state index contributed by atoms with van der Waals surface area (Å²) in [5.74, 6) is 0.813. The van der Waals surface area contributed by atoms with Crippen LogP contribution >= 0.6 is 0 Å². The van der Waals surface area contributed by atoms with E-state index in [4.69, 9.17) is 0 Å². The van der Waals surface area contributed by atoms with E-state index in [9.17, 15) is 0 Å². The van der Waals surface area contributed by atoms with E-state index in [0.717, 1.165) is 18.1 Å². The molecule has 0 spiro atoms. The Kier molecular flexibility index (Phi) is 3.69. The molecule has 1 N–H and O–H groups in total. The number of nitrogens with zero attached hydrogens (tertiary/aromatic N) is 3. The van der Waals surface area contributed by atoms with Crippen molar-refractivity contribution in [1.82, 2.24) is 14.8 Å². The van der Waals surface area contributed by atoms with Gasteiger partial charge < -0.3 is 5.32 Å². The summed E-state index contributed by atoms with van der Waals surface area (Å²) in [6.07, 6.45) is 5.43. The van der Waals surface area contributed by atoms with Crippen LogP contribution < -0.4 is 5.32 Å². The van der Waals surface area contributed by atoms with Crippen molar-refractivity contribution in [1.29, 1.82) is 0 Å². The Balaban J connectivity index is 1.84. The molecule has 0 unspecified atom stereocenters. The largest absolute Gasteiger partial charge is 0.378 e. The van der Waals surface area contributed by atoms with E-state index in [-0.39, 0.29) is 0 Å². The van der Waals surface area contributed by atoms with E-state index in [1.54, 1.807) is 17.1 Å². The highest BCUT2D eigenvalue weighted by Crippen LogP contribution is 2.18. The average Bonchev–Trinajstić information content (AvgIpc) is 3.03. The minimum Gasteiger partial charge on any atom is -0.378 e. The van der Waals surface area contributed by atoms with Crippen LogP contribution in [0.4, 0.5) is 5.69 Å². The van der Waals surface area contributed by atoms with E-state index in [0.29, 0.717) is 0 Å². The van der Waals surface area contributed by atoms with E-state index >= 15 is 0 Å². The lowest BCUT2D eigenvalue weighted by molar-refractivity contribution is 0.846. The summed E-state index contributed by atoms with van der Waals surface area (Å²) < 4.78 is 1.77. The first-order valence-electron chi connectivity index (χ1n) is 6.99. The van der Waals surface area contributed by atoms with Crippen molar-refractivity contribution in [3.8, 4) is 5.82 Å². The summed E-state index contributed by atoms with van der Waals surface area (Å²) in [7, 11) is 0. The quantitative estimate of drug-likeness (QED) is 0.794. The van der Waals surface area contributed by atoms with Crippen LogP contribution in [0.5, 0.6) is 0 Å². The second-order valence-corrected chi connectivity index (χ2v) is 5.11. The third-order valence-corrected chi connectivity index (χ3v) is 3.48. The van der Waals surface area contributed by atoms with Crippen molar-refractivity contribution in [3.05, 3.63) is 71.7 Å². The van der Waals surface area contributed by atoms with Gasteiger partial charge in [-0.05, 0) is 43.2 Å². The van der Waals surface area contributed by atoms with Gasteiger partial charge in [0, 0.05) is 25.1 Å². The maximum absolute atomic E-state index is 4.41. The van der Waals surface area contributed by atoms with E-state index in [1.165, 1.54) is 16.7 Å². The van der Waals surface area contributed by atoms with Crippen LogP contribution in [-0.4, -0.2) is 14.8 Å². The molecule has 0 bridgehead atoms. The first-order chi connectivity index (χ1) is 10.2. The number of aryl methyl sites for hydroxylation is 2. The second-order valence-electron chi connectivity index (χ2n) is 5.11. The van der Waals surface area contributed by atoms with Crippen LogP contribution in [0.3, 0.4) is 0 Å². The minimum atomic E-state index is 0.771. The number of anilines is 1. The topological polar surface area (TPSA) is 42.7 Å². The highest BCUT2D eigenvalue weighted by Gasteiger charge is 2.06. The van der Waals surface area contributed by atoms with Crippen molar-refractivity contribution < 1.29 is 0 Å². The van der Waals surface area contributed by atoms with Gasteiger partial charge in [0.2, 0.25) is 0 Å². The fourth-order valence-electron chi connectivity index (χ4n) is 2.29. The van der Waals surface area contributed by atoms with Crippen molar-refractivity contribution >= 4 is 5.69 Å². The smallest absolute Gasteiger partial charge is 0.176 e. The summed E-state index contributed by atoms with van der Waals surface area (Å²) in [6, 6.07) is 12.4. The molecule has 0 saturated carbocycles. The number of aromatic nitrogens is 3. The second kappa shape index (κ2) is 5.79. The standard InChI is InChI=1S/C17H18N4/c1-13-6-7-14(2)15(11-13)12-19-16-5-3-8-18-17(16)21-10-4-9-20-21/h3-11,19H,12H2,1-2H3. The van der Waals surface area contributed by atoms with Crippen LogP contribution in [0.25, 0.3) is 5.82 Å². The van der Waals surface area contributed by atoms with E-state index < -0.39 is 0 Å². The first kappa shape index (κ1) is 13.4. The molecule has 4 heteroatoms. The molecule has 21 heavy (non-hydrogen) atoms. The molecule has 0 amide bonds. The van der Waals surface area contributed by atoms with Crippen molar-refractivity contribution in [2.45, 2.75) is 20.4 Å². The summed E-state index contributed by atoms with van der Waals surface area (Å²) >= 11 is 0. The average molecular weight is 278 g/mol. The first-order valence-corrected chi connectivity index (χ1v) is 6.99. The molecule has 3 aromatic rings. The van der Waals surface area contributed by atoms with Crippen LogP contribution in [0.2, 0.25) is 0 Å². The third kappa shape index (κ3) is 2.94. The van der Waals surface area contributed by atoms with Gasteiger partial charge in [0.05, 0.1) is 5.69 Å². The van der Waals surface area contributed by atoms with Gasteiger partial charge in [-0.1, -0.05) is 23.8 Å². The zero-order valence-corrected chi connectivity index (χ0v) is 12.2. The lowest BCUT2D eigenvalue weighted by Crippen LogP contribution is -2.07. The Bertz CT molecular complexity index is 732. The van der Waals surface area contributed by atoms with Crippen LogP contribution in [0.15, 0.2) is 55.0 Å². The number of rotatable bonds is 4. The lowest BCUT2D eigenvalue weighted by atomic mass is 10.1. The molecule has 4 nitrogen and oxygen atoms in total. The Morgan fingerprint density at radius 2 is 2.00 bits per heavy atom. The molecule has 0 aliphatic rings. The SMILES string of the molecule is Cc1ccc(C)c(CNc2cccnc2-n2cccn2)c1. The molecule has 0 saturated heterocycles. The van der Waals surface area contributed by atoms with Gasteiger partial charge in [-0.3, -0.25) is 0 Å². The molecule has 0 aliphatic heterocycles. The number of pyridine rings is 1. The predicted octanol–water partition coefficient (Wildman–Crippen LogP) is 3.50. The molecule has 106 valence electrons. The maximum Gasteiger partial charge on any atom is 0.176 e. The van der Waals surface area contributed by atoms with E-state index in [1.807, 2.05) is 24.4 Å². The molecule has 2 heterocycles. The molecule has 1 aromatic carbocycles. The highest BCUT2D eigenvalue weighted by molar-refractivity contribution is 5.56. The van der Waals surface area contributed by atoms with Crippen molar-refractivity contribution in [2.24, 2.45) is 0 Å². The molecular formula is C17H18N4. The normalized spacial score (nSPS) is 10.6. The zero-order chi connectivity index (χ0) is 14.7. The minimum absolute atomic E-state index is 0.771. The third-order valence-electron chi connectivity index (χ3n) is 3.48. The summed E-state index contributed by atoms with van der Waals surface area (Å²) in [5, 5.41) is 7.71. The molecule has 0 aliphatic carbocycles. The molecule has 0 radical (unpaired) electrons. The summed E-state index contributed by atoms with van der Waals surface area (Å²) in [4.78, 5) is 4.41. The van der Waals surface area contributed by atoms with Crippen molar-refractivity contribution in [2.75, 3.05) is 5.32 Å². The van der Waals surface area contributed by atoms with Crippen LogP contribution in [0, 0.1) is 13.8 Å². The predicted molar refractivity (Wildman–Crippen MR) is 84.6 cm³/mol. The van der Waals surface area contributed by atoms with Crippen LogP contribution in [0.1, 0.15) is 16.7 Å². The van der Waals surface area contributed by atoms with Gasteiger partial charge in [0.15, 0.2) is 5.82 Å². The van der Waals surface area contributed by atoms with Crippen molar-refractivity contribution in [3.63, 3.8) is 0 Å². The van der Waals surface area contributed by atoms with Gasteiger partial charge in [-0.15, -0.1) is 0 Å². The Labute approximate surface area is 124 Å². The van der Waals surface area contributed by atoms with Gasteiger partial charge in [-0.2, -0.15) is 5.10 Å². The summed E-state index contributed by atoms with van der Waals surface area (Å²) in [5.41, 5.74) is 4.83. The lowest BCUT2D eigenvalue weighted by Gasteiger charge is -2.13. The number of hydrogen-bond donors (Lipinski definition) is 1.